The Bertz CT molecular complexity index is 731. The molecule has 1 amide bonds. The standard InChI is InChI=1S/C18H23N3O2S/c1-13(18(23)19-14-7-4-2-3-5-8-14)21-17(22)11-10-15(20-21)16-9-6-12-24-16/h6,9-14H,2-5,7-8H2,1H3,(H,19,23). The summed E-state index contributed by atoms with van der Waals surface area (Å²) in [5.74, 6) is -0.125. The second kappa shape index (κ2) is 7.75. The number of carbonyl (C=O) groups is 1. The molecule has 1 atom stereocenters. The zero-order valence-corrected chi connectivity index (χ0v) is 14.7. The first-order valence-corrected chi connectivity index (χ1v) is 9.47. The first-order valence-electron chi connectivity index (χ1n) is 8.59. The van der Waals surface area contributed by atoms with Crippen LogP contribution < -0.4 is 10.9 Å². The van der Waals surface area contributed by atoms with Crippen LogP contribution in [0.2, 0.25) is 0 Å². The first-order chi connectivity index (χ1) is 11.6. The van der Waals surface area contributed by atoms with Gasteiger partial charge in [-0.1, -0.05) is 31.7 Å². The maximum absolute atomic E-state index is 12.6. The Morgan fingerprint density at radius 2 is 2.00 bits per heavy atom. The van der Waals surface area contributed by atoms with Crippen LogP contribution in [0.3, 0.4) is 0 Å². The molecule has 5 nitrogen and oxygen atoms in total. The minimum Gasteiger partial charge on any atom is -0.352 e. The van der Waals surface area contributed by atoms with E-state index in [4.69, 9.17) is 0 Å². The Kier molecular flexibility index (Phi) is 5.45. The van der Waals surface area contributed by atoms with Crippen molar-refractivity contribution in [3.8, 4) is 10.6 Å². The van der Waals surface area contributed by atoms with Crippen LogP contribution in [0.25, 0.3) is 10.6 Å². The maximum atomic E-state index is 12.6. The van der Waals surface area contributed by atoms with Crippen LogP contribution in [-0.4, -0.2) is 21.7 Å². The maximum Gasteiger partial charge on any atom is 0.267 e. The lowest BCUT2D eigenvalue weighted by molar-refractivity contribution is -0.125. The van der Waals surface area contributed by atoms with Crippen molar-refractivity contribution in [2.75, 3.05) is 0 Å². The summed E-state index contributed by atoms with van der Waals surface area (Å²) in [6.07, 6.45) is 6.85. The summed E-state index contributed by atoms with van der Waals surface area (Å²) in [5.41, 5.74) is 0.470. The fraction of sp³-hybridized carbons (Fsp3) is 0.500. The predicted octanol–water partition coefficient (Wildman–Crippen LogP) is 3.37. The van der Waals surface area contributed by atoms with Crippen molar-refractivity contribution in [1.82, 2.24) is 15.1 Å². The van der Waals surface area contributed by atoms with Gasteiger partial charge in [0.2, 0.25) is 5.91 Å². The third-order valence-corrected chi connectivity index (χ3v) is 5.44. The number of aromatic nitrogens is 2. The Labute approximate surface area is 145 Å². The number of nitrogens with zero attached hydrogens (tertiary/aromatic N) is 2. The average Bonchev–Trinajstić information content (AvgIpc) is 3.00. The van der Waals surface area contributed by atoms with Gasteiger partial charge in [-0.25, -0.2) is 4.68 Å². The molecular weight excluding hydrogens is 322 g/mol. The molecule has 24 heavy (non-hydrogen) atoms. The van der Waals surface area contributed by atoms with Gasteiger partial charge >= 0.3 is 0 Å². The molecule has 6 heteroatoms. The molecule has 3 rings (SSSR count). The molecule has 1 aliphatic rings. The Morgan fingerprint density at radius 3 is 2.67 bits per heavy atom. The summed E-state index contributed by atoms with van der Waals surface area (Å²) in [4.78, 5) is 25.7. The molecule has 2 aromatic rings. The number of thiophene rings is 1. The third kappa shape index (κ3) is 3.93. The lowest BCUT2D eigenvalue weighted by Gasteiger charge is -2.20. The molecule has 1 N–H and O–H groups in total. The molecule has 1 saturated carbocycles. The lowest BCUT2D eigenvalue weighted by atomic mass is 10.1. The van der Waals surface area contributed by atoms with Gasteiger partial charge in [0.05, 0.1) is 4.88 Å². The van der Waals surface area contributed by atoms with Gasteiger partial charge in [0.25, 0.3) is 5.56 Å². The number of carbonyl (C=O) groups excluding carboxylic acids is 1. The minimum atomic E-state index is -0.610. The summed E-state index contributed by atoms with van der Waals surface area (Å²) in [7, 11) is 0. The Balaban J connectivity index is 1.76. The normalized spacial score (nSPS) is 17.2. The zero-order chi connectivity index (χ0) is 16.9. The summed E-state index contributed by atoms with van der Waals surface area (Å²) in [5, 5.41) is 9.47. The monoisotopic (exact) mass is 345 g/mol. The van der Waals surface area contributed by atoms with Crippen molar-refractivity contribution in [2.45, 2.75) is 57.5 Å². The molecule has 128 valence electrons. The second-order valence-corrected chi connectivity index (χ2v) is 7.30. The number of hydrogen-bond donors (Lipinski definition) is 1. The van der Waals surface area contributed by atoms with Gasteiger partial charge in [0.15, 0.2) is 0 Å². The fourth-order valence-corrected chi connectivity index (χ4v) is 3.81. The molecule has 1 unspecified atom stereocenters. The van der Waals surface area contributed by atoms with E-state index in [0.29, 0.717) is 0 Å². The number of amides is 1. The molecular formula is C18H23N3O2S. The smallest absolute Gasteiger partial charge is 0.267 e. The van der Waals surface area contributed by atoms with E-state index in [1.807, 2.05) is 17.5 Å². The average molecular weight is 345 g/mol. The summed E-state index contributed by atoms with van der Waals surface area (Å²) < 4.78 is 1.29. The second-order valence-electron chi connectivity index (χ2n) is 6.35. The van der Waals surface area contributed by atoms with Crippen molar-refractivity contribution in [2.24, 2.45) is 0 Å². The van der Waals surface area contributed by atoms with Gasteiger partial charge in [0.1, 0.15) is 11.7 Å². The quantitative estimate of drug-likeness (QED) is 0.864. The van der Waals surface area contributed by atoms with Gasteiger partial charge in [0, 0.05) is 12.1 Å². The van der Waals surface area contributed by atoms with Crippen LogP contribution in [0.15, 0.2) is 34.4 Å². The van der Waals surface area contributed by atoms with Gasteiger partial charge in [-0.3, -0.25) is 9.59 Å². The van der Waals surface area contributed by atoms with E-state index in [9.17, 15) is 9.59 Å². The summed E-state index contributed by atoms with van der Waals surface area (Å²) >= 11 is 1.56. The topological polar surface area (TPSA) is 64.0 Å². The zero-order valence-electron chi connectivity index (χ0n) is 13.9. The van der Waals surface area contributed by atoms with Crippen molar-refractivity contribution >= 4 is 17.2 Å². The lowest BCUT2D eigenvalue weighted by Crippen LogP contribution is -2.41. The van der Waals surface area contributed by atoms with Gasteiger partial charge < -0.3 is 5.32 Å². The van der Waals surface area contributed by atoms with Crippen molar-refractivity contribution in [3.05, 3.63) is 40.0 Å². The fourth-order valence-electron chi connectivity index (χ4n) is 3.12. The number of rotatable bonds is 4. The van der Waals surface area contributed by atoms with Gasteiger partial charge in [-0.05, 0) is 37.3 Å². The van der Waals surface area contributed by atoms with E-state index in [0.717, 1.165) is 36.3 Å². The third-order valence-electron chi connectivity index (χ3n) is 4.55. The highest BCUT2D eigenvalue weighted by Crippen LogP contribution is 2.22. The first kappa shape index (κ1) is 16.9. The molecule has 1 aliphatic carbocycles. The van der Waals surface area contributed by atoms with Crippen LogP contribution >= 0.6 is 11.3 Å². The highest BCUT2D eigenvalue weighted by Gasteiger charge is 2.22. The van der Waals surface area contributed by atoms with Crippen LogP contribution in [0.1, 0.15) is 51.5 Å². The van der Waals surface area contributed by atoms with E-state index in [1.54, 1.807) is 24.3 Å². The van der Waals surface area contributed by atoms with Crippen LogP contribution in [0, 0.1) is 0 Å². The SMILES string of the molecule is CC(C(=O)NC1CCCCCC1)n1nc(-c2cccs2)ccc1=O. The molecule has 0 saturated heterocycles. The van der Waals surface area contributed by atoms with Crippen LogP contribution in [0.4, 0.5) is 0 Å². The van der Waals surface area contributed by atoms with Crippen LogP contribution in [-0.2, 0) is 4.79 Å². The van der Waals surface area contributed by atoms with Crippen molar-refractivity contribution in [3.63, 3.8) is 0 Å². The van der Waals surface area contributed by atoms with Gasteiger partial charge in [-0.15, -0.1) is 11.3 Å². The van der Waals surface area contributed by atoms with Crippen molar-refractivity contribution in [1.29, 1.82) is 0 Å². The summed E-state index contributed by atoms with van der Waals surface area (Å²) in [6.45, 7) is 1.73. The largest absolute Gasteiger partial charge is 0.352 e. The molecule has 2 heterocycles. The molecule has 0 aromatic carbocycles. The van der Waals surface area contributed by atoms with Crippen LogP contribution in [0.5, 0.6) is 0 Å². The van der Waals surface area contributed by atoms with E-state index in [2.05, 4.69) is 10.4 Å². The molecule has 0 bridgehead atoms. The van der Waals surface area contributed by atoms with E-state index < -0.39 is 6.04 Å². The highest BCUT2D eigenvalue weighted by molar-refractivity contribution is 7.13. The molecule has 0 radical (unpaired) electrons. The van der Waals surface area contributed by atoms with Crippen molar-refractivity contribution < 1.29 is 4.79 Å². The molecule has 2 aromatic heterocycles. The van der Waals surface area contributed by atoms with E-state index >= 15 is 0 Å². The minimum absolute atomic E-state index is 0.125. The number of hydrogen-bond acceptors (Lipinski definition) is 4. The Morgan fingerprint density at radius 1 is 1.25 bits per heavy atom. The molecule has 0 aliphatic heterocycles. The van der Waals surface area contributed by atoms with Gasteiger partial charge in [-0.2, -0.15) is 5.10 Å². The number of nitrogens with one attached hydrogen (secondary N) is 1. The molecule has 1 fully saturated rings. The Hall–Kier alpha value is -1.95. The van der Waals surface area contributed by atoms with E-state index in [1.165, 1.54) is 23.6 Å². The van der Waals surface area contributed by atoms with E-state index in [-0.39, 0.29) is 17.5 Å². The molecule has 0 spiro atoms. The summed E-state index contributed by atoms with van der Waals surface area (Å²) in [6, 6.07) is 6.70. The highest BCUT2D eigenvalue weighted by atomic mass is 32.1. The predicted molar refractivity (Wildman–Crippen MR) is 96.2 cm³/mol.